The minimum absolute atomic E-state index is 0.0874. The van der Waals surface area contributed by atoms with E-state index in [1.165, 1.54) is 0 Å². The molecule has 6 heteroatoms. The Labute approximate surface area is 182 Å². The van der Waals surface area contributed by atoms with Crippen molar-refractivity contribution in [1.82, 2.24) is 10.6 Å². The number of nitrogens with one attached hydrogen (secondary N) is 2. The van der Waals surface area contributed by atoms with E-state index in [9.17, 15) is 9.59 Å². The summed E-state index contributed by atoms with van der Waals surface area (Å²) in [5, 5.41) is 5.59. The molecule has 1 fully saturated rings. The number of rotatable bonds is 6. The standard InChI is InChI=1S/C25H28N2O4/c1-16-9-8-14-20(16)31-24(28)22-17(2)26-25(29)27-23(22)19-12-6-7-13-21(19)30-15-18-10-4-3-5-11-18/h3-7,10-13,16,20,23H,8-9,14-15H2,1-2H3,(H2,26,27,29)/t16-,20+,23+/m0/s1. The average Bonchev–Trinajstić information content (AvgIpc) is 3.16. The molecule has 0 saturated heterocycles. The highest BCUT2D eigenvalue weighted by Crippen LogP contribution is 2.35. The second-order valence-electron chi connectivity index (χ2n) is 8.23. The molecule has 1 saturated carbocycles. The summed E-state index contributed by atoms with van der Waals surface area (Å²) in [6, 6.07) is 16.3. The predicted molar refractivity (Wildman–Crippen MR) is 117 cm³/mol. The highest BCUT2D eigenvalue weighted by molar-refractivity contribution is 5.95. The first-order valence-corrected chi connectivity index (χ1v) is 10.8. The van der Waals surface area contributed by atoms with E-state index in [2.05, 4.69) is 17.6 Å². The van der Waals surface area contributed by atoms with Gasteiger partial charge in [-0.25, -0.2) is 9.59 Å². The fourth-order valence-corrected chi connectivity index (χ4v) is 4.27. The molecule has 4 rings (SSSR count). The maximum Gasteiger partial charge on any atom is 0.338 e. The van der Waals surface area contributed by atoms with Gasteiger partial charge in [0.1, 0.15) is 18.5 Å². The lowest BCUT2D eigenvalue weighted by Crippen LogP contribution is -2.45. The van der Waals surface area contributed by atoms with E-state index < -0.39 is 12.0 Å². The molecule has 1 aliphatic carbocycles. The highest BCUT2D eigenvalue weighted by atomic mass is 16.5. The van der Waals surface area contributed by atoms with Gasteiger partial charge in [0.05, 0.1) is 11.6 Å². The van der Waals surface area contributed by atoms with Gasteiger partial charge >= 0.3 is 12.0 Å². The molecular formula is C25H28N2O4. The molecule has 31 heavy (non-hydrogen) atoms. The third kappa shape index (κ3) is 4.74. The summed E-state index contributed by atoms with van der Waals surface area (Å²) in [6.07, 6.45) is 2.91. The molecule has 6 nitrogen and oxygen atoms in total. The number of allylic oxidation sites excluding steroid dienone is 1. The molecule has 2 N–H and O–H groups in total. The Hall–Kier alpha value is -3.28. The van der Waals surface area contributed by atoms with Crippen LogP contribution in [-0.4, -0.2) is 18.1 Å². The molecule has 1 heterocycles. The van der Waals surface area contributed by atoms with Crippen molar-refractivity contribution in [2.24, 2.45) is 5.92 Å². The number of esters is 1. The normalized spacial score (nSPS) is 23.2. The summed E-state index contributed by atoms with van der Waals surface area (Å²) in [4.78, 5) is 25.4. The molecule has 0 spiro atoms. The van der Waals surface area contributed by atoms with Gasteiger partial charge in [0.2, 0.25) is 0 Å². The number of benzene rings is 2. The van der Waals surface area contributed by atoms with Crippen LogP contribution in [0.1, 0.15) is 50.3 Å². The number of amides is 2. The van der Waals surface area contributed by atoms with Crippen LogP contribution < -0.4 is 15.4 Å². The van der Waals surface area contributed by atoms with Crippen molar-refractivity contribution in [1.29, 1.82) is 0 Å². The third-order valence-electron chi connectivity index (χ3n) is 6.00. The molecule has 162 valence electrons. The Kier molecular flexibility index (Phi) is 6.26. The second kappa shape index (κ2) is 9.25. The van der Waals surface area contributed by atoms with Crippen molar-refractivity contribution >= 4 is 12.0 Å². The van der Waals surface area contributed by atoms with Crippen LogP contribution in [0.4, 0.5) is 4.79 Å². The summed E-state index contributed by atoms with van der Waals surface area (Å²) >= 11 is 0. The average molecular weight is 421 g/mol. The predicted octanol–water partition coefficient (Wildman–Crippen LogP) is 4.63. The van der Waals surface area contributed by atoms with E-state index in [1.54, 1.807) is 6.92 Å². The minimum atomic E-state index is -0.648. The van der Waals surface area contributed by atoms with Crippen LogP contribution in [0, 0.1) is 5.92 Å². The Balaban J connectivity index is 1.61. The van der Waals surface area contributed by atoms with Crippen molar-refractivity contribution < 1.29 is 19.1 Å². The van der Waals surface area contributed by atoms with Crippen molar-refractivity contribution in [3.05, 3.63) is 77.0 Å². The van der Waals surface area contributed by atoms with Crippen molar-refractivity contribution in [3.63, 3.8) is 0 Å². The monoisotopic (exact) mass is 420 g/mol. The van der Waals surface area contributed by atoms with Gasteiger partial charge in [-0.15, -0.1) is 0 Å². The number of ether oxygens (including phenoxy) is 2. The molecule has 2 aromatic rings. The SMILES string of the molecule is CC1=C(C(=O)O[C@@H]2CCC[C@@H]2C)[C@@H](c2ccccc2OCc2ccccc2)NC(=O)N1. The Morgan fingerprint density at radius 1 is 1.06 bits per heavy atom. The van der Waals surface area contributed by atoms with Gasteiger partial charge in [-0.2, -0.15) is 0 Å². The van der Waals surface area contributed by atoms with E-state index in [-0.39, 0.29) is 12.1 Å². The van der Waals surface area contributed by atoms with Gasteiger partial charge in [0.15, 0.2) is 0 Å². The first-order chi connectivity index (χ1) is 15.0. The van der Waals surface area contributed by atoms with E-state index in [4.69, 9.17) is 9.47 Å². The van der Waals surface area contributed by atoms with E-state index in [0.717, 1.165) is 30.4 Å². The largest absolute Gasteiger partial charge is 0.489 e. The zero-order valence-electron chi connectivity index (χ0n) is 17.9. The van der Waals surface area contributed by atoms with Gasteiger partial charge in [-0.05, 0) is 43.7 Å². The van der Waals surface area contributed by atoms with Gasteiger partial charge in [0.25, 0.3) is 0 Å². The maximum atomic E-state index is 13.2. The zero-order chi connectivity index (χ0) is 21.8. The quantitative estimate of drug-likeness (QED) is 0.669. The summed E-state index contributed by atoms with van der Waals surface area (Å²) in [5.74, 6) is 0.563. The molecule has 2 aliphatic rings. The zero-order valence-corrected chi connectivity index (χ0v) is 17.9. The third-order valence-corrected chi connectivity index (χ3v) is 6.00. The van der Waals surface area contributed by atoms with E-state index in [0.29, 0.717) is 29.5 Å². The van der Waals surface area contributed by atoms with Crippen LogP contribution in [0.2, 0.25) is 0 Å². The summed E-state index contributed by atoms with van der Waals surface area (Å²) in [7, 11) is 0. The summed E-state index contributed by atoms with van der Waals surface area (Å²) in [5.41, 5.74) is 2.67. The molecule has 2 amide bonds. The van der Waals surface area contributed by atoms with Crippen LogP contribution in [0.15, 0.2) is 65.9 Å². The smallest absolute Gasteiger partial charge is 0.338 e. The minimum Gasteiger partial charge on any atom is -0.489 e. The van der Waals surface area contributed by atoms with E-state index >= 15 is 0 Å². The first-order valence-electron chi connectivity index (χ1n) is 10.8. The Morgan fingerprint density at radius 3 is 2.55 bits per heavy atom. The fourth-order valence-electron chi connectivity index (χ4n) is 4.27. The number of hydrogen-bond donors (Lipinski definition) is 2. The number of para-hydroxylation sites is 1. The molecule has 0 unspecified atom stereocenters. The fraction of sp³-hybridized carbons (Fsp3) is 0.360. The Morgan fingerprint density at radius 2 is 1.81 bits per heavy atom. The Bertz CT molecular complexity index is 986. The molecule has 0 radical (unpaired) electrons. The van der Waals surface area contributed by atoms with Crippen LogP contribution in [0.25, 0.3) is 0 Å². The molecule has 0 aromatic heterocycles. The van der Waals surface area contributed by atoms with Crippen molar-refractivity contribution in [2.75, 3.05) is 0 Å². The molecule has 3 atom stereocenters. The molecule has 1 aliphatic heterocycles. The lowest BCUT2D eigenvalue weighted by atomic mass is 9.94. The molecular weight excluding hydrogens is 392 g/mol. The number of carbonyl (C=O) groups excluding carboxylic acids is 2. The second-order valence-corrected chi connectivity index (χ2v) is 8.23. The van der Waals surface area contributed by atoms with Crippen molar-refractivity contribution in [2.45, 2.75) is 51.9 Å². The van der Waals surface area contributed by atoms with Crippen LogP contribution in [-0.2, 0) is 16.1 Å². The van der Waals surface area contributed by atoms with Gasteiger partial charge in [0, 0.05) is 11.3 Å². The van der Waals surface area contributed by atoms with Gasteiger partial charge < -0.3 is 20.1 Å². The van der Waals surface area contributed by atoms with Gasteiger partial charge in [-0.1, -0.05) is 55.5 Å². The van der Waals surface area contributed by atoms with Crippen LogP contribution in [0.5, 0.6) is 5.75 Å². The van der Waals surface area contributed by atoms with Crippen LogP contribution in [0.3, 0.4) is 0 Å². The van der Waals surface area contributed by atoms with Crippen LogP contribution >= 0.6 is 0 Å². The van der Waals surface area contributed by atoms with E-state index in [1.807, 2.05) is 54.6 Å². The number of hydrogen-bond acceptors (Lipinski definition) is 4. The maximum absolute atomic E-state index is 13.2. The number of urea groups is 1. The lowest BCUT2D eigenvalue weighted by molar-refractivity contribution is -0.146. The topological polar surface area (TPSA) is 76.7 Å². The highest BCUT2D eigenvalue weighted by Gasteiger charge is 2.36. The first kappa shape index (κ1) is 21.0. The number of carbonyl (C=O) groups is 2. The lowest BCUT2D eigenvalue weighted by Gasteiger charge is -2.30. The molecule has 2 aromatic carbocycles. The summed E-state index contributed by atoms with van der Waals surface area (Å²) < 4.78 is 11.9. The van der Waals surface area contributed by atoms with Gasteiger partial charge in [-0.3, -0.25) is 0 Å². The summed E-state index contributed by atoms with van der Waals surface area (Å²) in [6.45, 7) is 4.23. The van der Waals surface area contributed by atoms with Crippen molar-refractivity contribution in [3.8, 4) is 5.75 Å². The molecule has 0 bridgehead atoms.